The summed E-state index contributed by atoms with van der Waals surface area (Å²) in [6.45, 7) is 0.582. The molecule has 2 rings (SSSR count). The van der Waals surface area contributed by atoms with Gasteiger partial charge in [0, 0.05) is 12.5 Å². The summed E-state index contributed by atoms with van der Waals surface area (Å²) in [6, 6.07) is 8.89. The molecule has 1 N–H and O–H groups in total. The maximum Gasteiger partial charge on any atom is 0.232 e. The molecule has 0 aromatic heterocycles. The molecule has 0 heterocycles. The summed E-state index contributed by atoms with van der Waals surface area (Å²) in [5, 5.41) is 2.77. The van der Waals surface area contributed by atoms with Crippen molar-refractivity contribution in [1.82, 2.24) is 5.32 Å². The molecular weight excluding hydrogens is 264 g/mol. The molecule has 104 valence electrons. The predicted octanol–water partition coefficient (Wildman–Crippen LogP) is 0.979. The first-order valence-corrected chi connectivity index (χ1v) is 8.14. The molecule has 1 aromatic rings. The van der Waals surface area contributed by atoms with Crippen molar-refractivity contribution in [2.24, 2.45) is 5.92 Å². The second-order valence-electron chi connectivity index (χ2n) is 4.74. The summed E-state index contributed by atoms with van der Waals surface area (Å²) < 4.78 is 24.8. The Hall–Kier alpha value is -1.56. The van der Waals surface area contributed by atoms with Gasteiger partial charge in [0.2, 0.25) is 15.9 Å². The number of anilines is 1. The zero-order valence-corrected chi connectivity index (χ0v) is 11.7. The van der Waals surface area contributed by atoms with E-state index in [4.69, 9.17) is 0 Å². The topological polar surface area (TPSA) is 66.5 Å². The van der Waals surface area contributed by atoms with Gasteiger partial charge in [-0.3, -0.25) is 9.10 Å². The SMILES string of the molecule is CS(=O)(=O)N(CCNC(=O)C1CC1)c1ccccc1. The van der Waals surface area contributed by atoms with E-state index in [0.717, 1.165) is 12.8 Å². The molecule has 0 unspecified atom stereocenters. The molecule has 1 aliphatic rings. The molecule has 1 fully saturated rings. The number of benzene rings is 1. The molecule has 0 bridgehead atoms. The third kappa shape index (κ3) is 3.96. The molecule has 1 amide bonds. The highest BCUT2D eigenvalue weighted by Crippen LogP contribution is 2.28. The maximum absolute atomic E-state index is 11.8. The van der Waals surface area contributed by atoms with Crippen molar-refractivity contribution in [2.75, 3.05) is 23.7 Å². The van der Waals surface area contributed by atoms with Crippen LogP contribution in [0.15, 0.2) is 30.3 Å². The summed E-state index contributed by atoms with van der Waals surface area (Å²) in [5.41, 5.74) is 0.616. The quantitative estimate of drug-likeness (QED) is 0.845. The van der Waals surface area contributed by atoms with Gasteiger partial charge in [-0.15, -0.1) is 0 Å². The van der Waals surface area contributed by atoms with Gasteiger partial charge in [-0.1, -0.05) is 18.2 Å². The lowest BCUT2D eigenvalue weighted by Gasteiger charge is -2.22. The Kier molecular flexibility index (Phi) is 4.09. The summed E-state index contributed by atoms with van der Waals surface area (Å²) in [6.07, 6.45) is 3.06. The zero-order valence-electron chi connectivity index (χ0n) is 10.9. The summed E-state index contributed by atoms with van der Waals surface area (Å²) >= 11 is 0. The molecule has 1 aromatic carbocycles. The van der Waals surface area contributed by atoms with E-state index in [9.17, 15) is 13.2 Å². The molecule has 6 heteroatoms. The van der Waals surface area contributed by atoms with Crippen LogP contribution in [0.4, 0.5) is 5.69 Å². The largest absolute Gasteiger partial charge is 0.354 e. The molecular formula is C13H18N2O3S. The highest BCUT2D eigenvalue weighted by molar-refractivity contribution is 7.92. The molecule has 1 saturated carbocycles. The van der Waals surface area contributed by atoms with Crippen molar-refractivity contribution in [3.8, 4) is 0 Å². The average molecular weight is 282 g/mol. The number of sulfonamides is 1. The second-order valence-corrected chi connectivity index (χ2v) is 6.64. The van der Waals surface area contributed by atoms with Gasteiger partial charge in [0.05, 0.1) is 18.5 Å². The van der Waals surface area contributed by atoms with Crippen LogP contribution in [0, 0.1) is 5.92 Å². The first kappa shape index (κ1) is 13.9. The molecule has 0 saturated heterocycles. The Morgan fingerprint density at radius 3 is 2.47 bits per heavy atom. The minimum Gasteiger partial charge on any atom is -0.354 e. The maximum atomic E-state index is 11.8. The Balaban J connectivity index is 1.97. The van der Waals surface area contributed by atoms with Crippen molar-refractivity contribution in [2.45, 2.75) is 12.8 Å². The summed E-state index contributed by atoms with van der Waals surface area (Å²) in [4.78, 5) is 11.5. The number of hydrogen-bond donors (Lipinski definition) is 1. The number of hydrogen-bond acceptors (Lipinski definition) is 3. The molecule has 5 nitrogen and oxygen atoms in total. The van der Waals surface area contributed by atoms with Crippen LogP contribution in [-0.4, -0.2) is 33.7 Å². The fraction of sp³-hybridized carbons (Fsp3) is 0.462. The summed E-state index contributed by atoms with van der Waals surface area (Å²) in [7, 11) is -3.34. The van der Waals surface area contributed by atoms with Crippen LogP contribution >= 0.6 is 0 Å². The Bertz CT molecular complexity index is 538. The molecule has 19 heavy (non-hydrogen) atoms. The number of carbonyl (C=O) groups excluding carboxylic acids is 1. The molecule has 1 aliphatic carbocycles. The van der Waals surface area contributed by atoms with Crippen molar-refractivity contribution >= 4 is 21.6 Å². The van der Waals surface area contributed by atoms with Gasteiger partial charge < -0.3 is 5.32 Å². The molecule has 0 aliphatic heterocycles. The van der Waals surface area contributed by atoms with E-state index in [0.29, 0.717) is 12.2 Å². The van der Waals surface area contributed by atoms with Gasteiger partial charge >= 0.3 is 0 Å². The van der Waals surface area contributed by atoms with Crippen LogP contribution in [-0.2, 0) is 14.8 Å². The molecule has 0 spiro atoms. The lowest BCUT2D eigenvalue weighted by atomic mass is 10.3. The Morgan fingerprint density at radius 2 is 1.95 bits per heavy atom. The third-order valence-electron chi connectivity index (χ3n) is 3.01. The highest BCUT2D eigenvalue weighted by Gasteiger charge is 2.29. The number of para-hydroxylation sites is 1. The van der Waals surface area contributed by atoms with Gasteiger partial charge in [0.1, 0.15) is 0 Å². The van der Waals surface area contributed by atoms with Crippen molar-refractivity contribution in [1.29, 1.82) is 0 Å². The van der Waals surface area contributed by atoms with E-state index in [1.165, 1.54) is 10.6 Å². The fourth-order valence-electron chi connectivity index (χ4n) is 1.85. The fourth-order valence-corrected chi connectivity index (χ4v) is 2.78. The van der Waals surface area contributed by atoms with Crippen LogP contribution in [0.2, 0.25) is 0 Å². The summed E-state index contributed by atoms with van der Waals surface area (Å²) in [5.74, 6) is 0.171. The van der Waals surface area contributed by atoms with Gasteiger partial charge in [0.25, 0.3) is 0 Å². The lowest BCUT2D eigenvalue weighted by molar-refractivity contribution is -0.122. The van der Waals surface area contributed by atoms with Gasteiger partial charge in [-0.25, -0.2) is 8.42 Å². The lowest BCUT2D eigenvalue weighted by Crippen LogP contribution is -2.38. The van der Waals surface area contributed by atoms with E-state index in [-0.39, 0.29) is 18.4 Å². The van der Waals surface area contributed by atoms with Crippen molar-refractivity contribution in [3.05, 3.63) is 30.3 Å². The first-order valence-electron chi connectivity index (χ1n) is 6.29. The van der Waals surface area contributed by atoms with Crippen LogP contribution in [0.25, 0.3) is 0 Å². The number of carbonyl (C=O) groups is 1. The van der Waals surface area contributed by atoms with E-state index in [1.807, 2.05) is 6.07 Å². The predicted molar refractivity (Wildman–Crippen MR) is 74.4 cm³/mol. The standard InChI is InChI=1S/C13H18N2O3S/c1-19(17,18)15(12-5-3-2-4-6-12)10-9-14-13(16)11-7-8-11/h2-6,11H,7-10H2,1H3,(H,14,16). The van der Waals surface area contributed by atoms with Gasteiger partial charge in [0.15, 0.2) is 0 Å². The number of amides is 1. The van der Waals surface area contributed by atoms with Crippen LogP contribution < -0.4 is 9.62 Å². The first-order chi connectivity index (χ1) is 8.98. The van der Waals surface area contributed by atoms with Gasteiger partial charge in [-0.05, 0) is 25.0 Å². The number of rotatable bonds is 6. The minimum atomic E-state index is -3.34. The monoisotopic (exact) mass is 282 g/mol. The molecule has 0 atom stereocenters. The minimum absolute atomic E-state index is 0.0292. The normalized spacial score (nSPS) is 15.0. The van der Waals surface area contributed by atoms with Crippen LogP contribution in [0.1, 0.15) is 12.8 Å². The van der Waals surface area contributed by atoms with E-state index in [1.54, 1.807) is 24.3 Å². The highest BCUT2D eigenvalue weighted by atomic mass is 32.2. The zero-order chi connectivity index (χ0) is 13.9. The number of nitrogens with one attached hydrogen (secondary N) is 1. The van der Waals surface area contributed by atoms with Crippen molar-refractivity contribution < 1.29 is 13.2 Å². The average Bonchev–Trinajstić information content (AvgIpc) is 3.18. The van der Waals surface area contributed by atoms with E-state index in [2.05, 4.69) is 5.32 Å². The van der Waals surface area contributed by atoms with E-state index >= 15 is 0 Å². The Labute approximate surface area is 113 Å². The van der Waals surface area contributed by atoms with E-state index < -0.39 is 10.0 Å². The number of nitrogens with zero attached hydrogens (tertiary/aromatic N) is 1. The molecule has 0 radical (unpaired) electrons. The third-order valence-corrected chi connectivity index (χ3v) is 4.20. The van der Waals surface area contributed by atoms with Gasteiger partial charge in [-0.2, -0.15) is 0 Å². The second kappa shape index (κ2) is 5.61. The Morgan fingerprint density at radius 1 is 1.32 bits per heavy atom. The van der Waals surface area contributed by atoms with Crippen molar-refractivity contribution in [3.63, 3.8) is 0 Å². The smallest absolute Gasteiger partial charge is 0.232 e. The van der Waals surface area contributed by atoms with Crippen LogP contribution in [0.3, 0.4) is 0 Å². The van der Waals surface area contributed by atoms with Crippen LogP contribution in [0.5, 0.6) is 0 Å².